The van der Waals surface area contributed by atoms with Crippen molar-refractivity contribution in [3.63, 3.8) is 0 Å². The summed E-state index contributed by atoms with van der Waals surface area (Å²) in [6.07, 6.45) is 0. The van der Waals surface area contributed by atoms with E-state index in [1.807, 2.05) is 36.4 Å². The van der Waals surface area contributed by atoms with E-state index in [9.17, 15) is 0 Å². The fraction of sp³-hybridized carbons (Fsp3) is 0.278. The van der Waals surface area contributed by atoms with Crippen molar-refractivity contribution in [3.8, 4) is 5.75 Å². The fourth-order valence-corrected chi connectivity index (χ4v) is 2.46. The van der Waals surface area contributed by atoms with Gasteiger partial charge in [0.25, 0.3) is 0 Å². The minimum atomic E-state index is -0.103. The molecule has 0 saturated carbocycles. The van der Waals surface area contributed by atoms with Crippen LogP contribution in [0, 0.1) is 0 Å². The highest BCUT2D eigenvalue weighted by atomic mass is 79.9. The molecule has 0 heterocycles. The lowest BCUT2D eigenvalue weighted by Gasteiger charge is -2.23. The number of nitrogens with zero attached hydrogens (tertiary/aromatic N) is 1. The average Bonchev–Trinajstić information content (AvgIpc) is 2.54. The smallest absolute Gasteiger partial charge is 0.193 e. The van der Waals surface area contributed by atoms with Crippen molar-refractivity contribution < 1.29 is 4.74 Å². The number of anilines is 1. The molecule has 0 aliphatic rings. The maximum atomic E-state index is 6.01. The molecule has 0 bridgehead atoms. The SMILES string of the molecule is COc1ccccc1NC(N)=NCC(C)(C)c1ccc(Br)cc1. The van der Waals surface area contributed by atoms with Gasteiger partial charge in [-0.1, -0.05) is 54.0 Å². The molecule has 0 aromatic heterocycles. The number of methoxy groups -OCH3 is 1. The third-order valence-corrected chi connectivity index (χ3v) is 4.17. The summed E-state index contributed by atoms with van der Waals surface area (Å²) in [6.45, 7) is 4.88. The number of halogens is 1. The lowest BCUT2D eigenvalue weighted by Crippen LogP contribution is -2.27. The predicted octanol–water partition coefficient (Wildman–Crippen LogP) is 4.16. The van der Waals surface area contributed by atoms with Gasteiger partial charge in [0.05, 0.1) is 19.3 Å². The van der Waals surface area contributed by atoms with E-state index in [0.717, 1.165) is 15.9 Å². The Bertz CT molecular complexity index is 681. The molecular weight excluding hydrogens is 354 g/mol. The van der Waals surface area contributed by atoms with Crippen LogP contribution in [0.15, 0.2) is 58.0 Å². The Hall–Kier alpha value is -2.01. The first kappa shape index (κ1) is 17.3. The van der Waals surface area contributed by atoms with E-state index in [-0.39, 0.29) is 5.41 Å². The first-order valence-electron chi connectivity index (χ1n) is 7.38. The monoisotopic (exact) mass is 375 g/mol. The number of aliphatic imine (C=N–C) groups is 1. The second-order valence-electron chi connectivity index (χ2n) is 5.92. The van der Waals surface area contributed by atoms with Crippen LogP contribution in [0.4, 0.5) is 5.69 Å². The molecule has 0 aliphatic heterocycles. The normalized spacial score (nSPS) is 12.1. The molecule has 2 aromatic carbocycles. The molecule has 2 rings (SSSR count). The summed E-state index contributed by atoms with van der Waals surface area (Å²) in [5.74, 6) is 1.11. The highest BCUT2D eigenvalue weighted by Crippen LogP contribution is 2.26. The molecule has 5 heteroatoms. The summed E-state index contributed by atoms with van der Waals surface area (Å²) in [7, 11) is 1.63. The number of rotatable bonds is 5. The summed E-state index contributed by atoms with van der Waals surface area (Å²) >= 11 is 3.46. The van der Waals surface area contributed by atoms with Crippen molar-refractivity contribution >= 4 is 27.6 Å². The third kappa shape index (κ3) is 4.73. The Kier molecular flexibility index (Phi) is 5.66. The first-order chi connectivity index (χ1) is 10.9. The molecule has 0 atom stereocenters. The van der Waals surface area contributed by atoms with E-state index in [1.165, 1.54) is 5.56 Å². The second kappa shape index (κ2) is 7.51. The zero-order chi connectivity index (χ0) is 16.9. The number of ether oxygens (including phenoxy) is 1. The van der Waals surface area contributed by atoms with Gasteiger partial charge in [-0.15, -0.1) is 0 Å². The molecular formula is C18H22BrN3O. The number of guanidine groups is 1. The molecule has 0 aliphatic carbocycles. The van der Waals surface area contributed by atoms with E-state index < -0.39 is 0 Å². The van der Waals surface area contributed by atoms with Gasteiger partial charge in [-0.25, -0.2) is 0 Å². The van der Waals surface area contributed by atoms with Gasteiger partial charge in [0.1, 0.15) is 5.75 Å². The minimum Gasteiger partial charge on any atom is -0.495 e. The standard InChI is InChI=1S/C18H22BrN3O/c1-18(2,13-8-10-14(19)11-9-13)12-21-17(20)22-15-6-4-5-7-16(15)23-3/h4-11H,12H2,1-3H3,(H3,20,21,22). The van der Waals surface area contributed by atoms with Gasteiger partial charge in [-0.2, -0.15) is 0 Å². The summed E-state index contributed by atoms with van der Waals surface area (Å²) in [5, 5.41) is 3.09. The van der Waals surface area contributed by atoms with Crippen LogP contribution >= 0.6 is 15.9 Å². The maximum absolute atomic E-state index is 6.01. The Morgan fingerprint density at radius 3 is 2.48 bits per heavy atom. The number of nitrogens with one attached hydrogen (secondary N) is 1. The lowest BCUT2D eigenvalue weighted by molar-refractivity contribution is 0.417. The maximum Gasteiger partial charge on any atom is 0.193 e. The summed E-state index contributed by atoms with van der Waals surface area (Å²) in [6, 6.07) is 15.9. The predicted molar refractivity (Wildman–Crippen MR) is 100 cm³/mol. The van der Waals surface area contributed by atoms with Gasteiger partial charge < -0.3 is 15.8 Å². The largest absolute Gasteiger partial charge is 0.495 e. The van der Waals surface area contributed by atoms with Crippen LogP contribution in [0.2, 0.25) is 0 Å². The Morgan fingerprint density at radius 2 is 1.83 bits per heavy atom. The van der Waals surface area contributed by atoms with Crippen LogP contribution in [-0.2, 0) is 5.41 Å². The Morgan fingerprint density at radius 1 is 1.17 bits per heavy atom. The fourth-order valence-electron chi connectivity index (χ4n) is 2.20. The average molecular weight is 376 g/mol. The number of benzene rings is 2. The van der Waals surface area contributed by atoms with Crippen LogP contribution in [0.25, 0.3) is 0 Å². The molecule has 3 N–H and O–H groups in total. The Labute approximate surface area is 145 Å². The van der Waals surface area contributed by atoms with E-state index in [4.69, 9.17) is 10.5 Å². The van der Waals surface area contributed by atoms with Gasteiger partial charge in [0.15, 0.2) is 5.96 Å². The van der Waals surface area contributed by atoms with Crippen molar-refractivity contribution in [2.45, 2.75) is 19.3 Å². The van der Waals surface area contributed by atoms with E-state index in [2.05, 4.69) is 52.2 Å². The quantitative estimate of drug-likeness (QED) is 0.609. The van der Waals surface area contributed by atoms with Gasteiger partial charge >= 0.3 is 0 Å². The van der Waals surface area contributed by atoms with E-state index in [1.54, 1.807) is 7.11 Å². The molecule has 2 aromatic rings. The molecule has 122 valence electrons. The summed E-state index contributed by atoms with van der Waals surface area (Å²) < 4.78 is 6.36. The lowest BCUT2D eigenvalue weighted by atomic mass is 9.85. The van der Waals surface area contributed by atoms with Gasteiger partial charge in [-0.3, -0.25) is 4.99 Å². The minimum absolute atomic E-state index is 0.103. The van der Waals surface area contributed by atoms with Crippen molar-refractivity contribution in [2.24, 2.45) is 10.7 Å². The van der Waals surface area contributed by atoms with Crippen LogP contribution in [-0.4, -0.2) is 19.6 Å². The van der Waals surface area contributed by atoms with E-state index >= 15 is 0 Å². The number of hydrogen-bond acceptors (Lipinski definition) is 2. The van der Waals surface area contributed by atoms with Crippen LogP contribution in [0.1, 0.15) is 19.4 Å². The molecule has 0 unspecified atom stereocenters. The van der Waals surface area contributed by atoms with Gasteiger partial charge in [0.2, 0.25) is 0 Å². The second-order valence-corrected chi connectivity index (χ2v) is 6.83. The van der Waals surface area contributed by atoms with Gasteiger partial charge in [-0.05, 0) is 29.8 Å². The van der Waals surface area contributed by atoms with Crippen molar-refractivity contribution in [1.29, 1.82) is 0 Å². The van der Waals surface area contributed by atoms with E-state index in [0.29, 0.717) is 12.5 Å². The zero-order valence-corrected chi connectivity index (χ0v) is 15.2. The molecule has 0 saturated heterocycles. The van der Waals surface area contributed by atoms with Gasteiger partial charge in [0, 0.05) is 9.89 Å². The van der Waals surface area contributed by atoms with Crippen molar-refractivity contribution in [1.82, 2.24) is 0 Å². The first-order valence-corrected chi connectivity index (χ1v) is 8.18. The Balaban J connectivity index is 2.07. The van der Waals surface area contributed by atoms with Crippen molar-refractivity contribution in [3.05, 3.63) is 58.6 Å². The molecule has 23 heavy (non-hydrogen) atoms. The molecule has 4 nitrogen and oxygen atoms in total. The molecule has 0 spiro atoms. The molecule has 0 fully saturated rings. The zero-order valence-electron chi connectivity index (χ0n) is 13.6. The van der Waals surface area contributed by atoms with Crippen LogP contribution < -0.4 is 15.8 Å². The topological polar surface area (TPSA) is 59.6 Å². The third-order valence-electron chi connectivity index (χ3n) is 3.64. The number of para-hydroxylation sites is 2. The highest BCUT2D eigenvalue weighted by molar-refractivity contribution is 9.10. The van der Waals surface area contributed by atoms with Crippen LogP contribution in [0.5, 0.6) is 5.75 Å². The highest BCUT2D eigenvalue weighted by Gasteiger charge is 2.20. The number of hydrogen-bond donors (Lipinski definition) is 2. The van der Waals surface area contributed by atoms with Crippen LogP contribution in [0.3, 0.4) is 0 Å². The molecule has 0 radical (unpaired) electrons. The summed E-state index contributed by atoms with van der Waals surface area (Å²) in [5.41, 5.74) is 7.93. The molecule has 0 amide bonds. The number of nitrogens with two attached hydrogens (primary N) is 1. The summed E-state index contributed by atoms with van der Waals surface area (Å²) in [4.78, 5) is 4.48. The van der Waals surface area contributed by atoms with Crippen molar-refractivity contribution in [2.75, 3.05) is 19.0 Å².